The summed E-state index contributed by atoms with van der Waals surface area (Å²) in [5.41, 5.74) is 1.13. The van der Waals surface area contributed by atoms with Gasteiger partial charge in [0.15, 0.2) is 5.69 Å². The zero-order valence-corrected chi connectivity index (χ0v) is 12.7. The van der Waals surface area contributed by atoms with Crippen LogP contribution in [0.2, 0.25) is 0 Å². The molecule has 2 aromatic rings. The largest absolute Gasteiger partial charge is 0.464 e. The lowest BCUT2D eigenvalue weighted by atomic mass is 10.3. The third-order valence-corrected chi connectivity index (χ3v) is 3.63. The summed E-state index contributed by atoms with van der Waals surface area (Å²) in [6.07, 6.45) is 3.13. The van der Waals surface area contributed by atoms with Crippen LogP contribution in [-0.4, -0.2) is 28.8 Å². The molecule has 1 N–H and O–H groups in total. The van der Waals surface area contributed by atoms with Gasteiger partial charge in [0, 0.05) is 18.0 Å². The molecule has 110 valence electrons. The van der Waals surface area contributed by atoms with Crippen LogP contribution in [0.5, 0.6) is 0 Å². The van der Waals surface area contributed by atoms with Crippen LogP contribution in [0.25, 0.3) is 6.08 Å². The van der Waals surface area contributed by atoms with E-state index in [2.05, 4.69) is 10.4 Å². The third-order valence-electron chi connectivity index (χ3n) is 2.79. The Morgan fingerprint density at radius 1 is 1.48 bits per heavy atom. The molecule has 2 aromatic heterocycles. The van der Waals surface area contributed by atoms with Crippen molar-refractivity contribution in [3.05, 3.63) is 39.9 Å². The first-order chi connectivity index (χ1) is 10.0. The number of nitrogens with zero attached hydrogens (tertiary/aromatic N) is 2. The number of methoxy groups -OCH3 is 1. The van der Waals surface area contributed by atoms with E-state index >= 15 is 0 Å². The molecule has 0 radical (unpaired) electrons. The Morgan fingerprint density at radius 2 is 2.24 bits per heavy atom. The summed E-state index contributed by atoms with van der Waals surface area (Å²) < 4.78 is 6.09. The van der Waals surface area contributed by atoms with Crippen LogP contribution in [0, 0.1) is 6.92 Å². The van der Waals surface area contributed by atoms with Gasteiger partial charge in [0.2, 0.25) is 5.91 Å². The van der Waals surface area contributed by atoms with E-state index in [9.17, 15) is 9.59 Å². The van der Waals surface area contributed by atoms with E-state index in [0.29, 0.717) is 11.4 Å². The number of amides is 1. The third kappa shape index (κ3) is 3.38. The maximum absolute atomic E-state index is 11.9. The molecule has 6 nitrogen and oxygen atoms in total. The molecular weight excluding hydrogens is 290 g/mol. The average Bonchev–Trinajstić information content (AvgIpc) is 3.05. The number of anilines is 1. The second-order valence-electron chi connectivity index (χ2n) is 4.26. The number of carbonyl (C=O) groups is 2. The molecule has 0 spiro atoms. The first-order valence-electron chi connectivity index (χ1n) is 6.17. The molecule has 21 heavy (non-hydrogen) atoms. The molecule has 0 aliphatic rings. The van der Waals surface area contributed by atoms with Crippen molar-refractivity contribution in [1.29, 1.82) is 0 Å². The van der Waals surface area contributed by atoms with Gasteiger partial charge in [-0.3, -0.25) is 9.48 Å². The van der Waals surface area contributed by atoms with Gasteiger partial charge in [-0.25, -0.2) is 4.79 Å². The fourth-order valence-corrected chi connectivity index (χ4v) is 2.47. The fourth-order valence-electron chi connectivity index (χ4n) is 1.85. The van der Waals surface area contributed by atoms with Gasteiger partial charge >= 0.3 is 5.97 Å². The Labute approximate surface area is 126 Å². The number of aryl methyl sites for hydroxylation is 2. The van der Waals surface area contributed by atoms with Crippen LogP contribution < -0.4 is 5.32 Å². The number of nitrogens with one attached hydrogen (secondary N) is 1. The number of ether oxygens (including phenoxy) is 1. The van der Waals surface area contributed by atoms with Crippen molar-refractivity contribution < 1.29 is 14.3 Å². The summed E-state index contributed by atoms with van der Waals surface area (Å²) in [4.78, 5) is 24.7. The topological polar surface area (TPSA) is 73.2 Å². The molecule has 1 amide bonds. The Bertz CT molecular complexity index is 687. The Hall–Kier alpha value is -2.41. The maximum atomic E-state index is 11.9. The van der Waals surface area contributed by atoms with Crippen molar-refractivity contribution in [3.8, 4) is 0 Å². The summed E-state index contributed by atoms with van der Waals surface area (Å²) >= 11 is 1.53. The summed E-state index contributed by atoms with van der Waals surface area (Å²) in [6, 6.07) is 3.81. The van der Waals surface area contributed by atoms with Gasteiger partial charge in [-0.05, 0) is 24.4 Å². The first-order valence-corrected chi connectivity index (χ1v) is 7.05. The predicted octanol–water partition coefficient (Wildman–Crippen LogP) is 2.23. The maximum Gasteiger partial charge on any atom is 0.358 e. The number of rotatable bonds is 4. The highest BCUT2D eigenvalue weighted by atomic mass is 32.1. The highest BCUT2D eigenvalue weighted by molar-refractivity contribution is 7.10. The molecule has 7 heteroatoms. The van der Waals surface area contributed by atoms with Gasteiger partial charge in [0.25, 0.3) is 0 Å². The standard InChI is InChI=1S/C14H15N3O3S/c1-9-12(13(14(19)20-3)17(2)16-9)15-11(18)7-6-10-5-4-8-21-10/h4-8H,1-3H3,(H,15,18)/b7-6+. The van der Waals surface area contributed by atoms with Crippen molar-refractivity contribution >= 4 is 35.0 Å². The molecule has 0 unspecified atom stereocenters. The minimum absolute atomic E-state index is 0.216. The van der Waals surface area contributed by atoms with Crippen LogP contribution in [0.15, 0.2) is 23.6 Å². The zero-order valence-electron chi connectivity index (χ0n) is 11.9. The van der Waals surface area contributed by atoms with Gasteiger partial charge in [-0.2, -0.15) is 5.10 Å². The van der Waals surface area contributed by atoms with E-state index in [1.807, 2.05) is 17.5 Å². The number of hydrogen-bond donors (Lipinski definition) is 1. The van der Waals surface area contributed by atoms with Crippen molar-refractivity contribution in [1.82, 2.24) is 9.78 Å². The van der Waals surface area contributed by atoms with E-state index < -0.39 is 5.97 Å². The van der Waals surface area contributed by atoms with Crippen LogP contribution in [-0.2, 0) is 16.6 Å². The second-order valence-corrected chi connectivity index (χ2v) is 5.24. The lowest BCUT2D eigenvalue weighted by Crippen LogP contribution is -2.15. The SMILES string of the molecule is COC(=O)c1c(NC(=O)/C=C/c2cccs2)c(C)nn1C. The first kappa shape index (κ1) is 15.0. The van der Waals surface area contributed by atoms with Crippen LogP contribution in [0.4, 0.5) is 5.69 Å². The number of thiophene rings is 1. The van der Waals surface area contributed by atoms with Gasteiger partial charge in [0.1, 0.15) is 0 Å². The van der Waals surface area contributed by atoms with Crippen molar-refractivity contribution in [3.63, 3.8) is 0 Å². The van der Waals surface area contributed by atoms with Gasteiger partial charge in [-0.15, -0.1) is 11.3 Å². The predicted molar refractivity (Wildman–Crippen MR) is 81.3 cm³/mol. The number of esters is 1. The van der Waals surface area contributed by atoms with Gasteiger partial charge < -0.3 is 10.1 Å². The fraction of sp³-hybridized carbons (Fsp3) is 0.214. The van der Waals surface area contributed by atoms with Crippen molar-refractivity contribution in [2.75, 3.05) is 12.4 Å². The molecule has 0 atom stereocenters. The average molecular weight is 305 g/mol. The smallest absolute Gasteiger partial charge is 0.358 e. The number of carbonyl (C=O) groups excluding carboxylic acids is 2. The summed E-state index contributed by atoms with van der Waals surface area (Å²) in [5, 5.41) is 8.72. The van der Waals surface area contributed by atoms with E-state index in [-0.39, 0.29) is 11.6 Å². The molecule has 2 heterocycles. The monoisotopic (exact) mass is 305 g/mol. The highest BCUT2D eigenvalue weighted by Gasteiger charge is 2.21. The Kier molecular flexibility index (Phi) is 4.54. The second kappa shape index (κ2) is 6.36. The molecule has 0 saturated heterocycles. The molecular formula is C14H15N3O3S. The van der Waals surface area contributed by atoms with Crippen LogP contribution >= 0.6 is 11.3 Å². The Balaban J connectivity index is 2.19. The molecule has 0 saturated carbocycles. The number of aromatic nitrogens is 2. The number of hydrogen-bond acceptors (Lipinski definition) is 5. The molecule has 0 fully saturated rings. The lowest BCUT2D eigenvalue weighted by molar-refractivity contribution is -0.111. The molecule has 0 bridgehead atoms. The normalized spacial score (nSPS) is 10.8. The van der Waals surface area contributed by atoms with Crippen molar-refractivity contribution in [2.24, 2.45) is 7.05 Å². The summed E-state index contributed by atoms with van der Waals surface area (Å²) in [7, 11) is 2.91. The van der Waals surface area contributed by atoms with Gasteiger partial charge in [0.05, 0.1) is 18.5 Å². The van der Waals surface area contributed by atoms with Gasteiger partial charge in [-0.1, -0.05) is 6.07 Å². The van der Waals surface area contributed by atoms with Crippen LogP contribution in [0.1, 0.15) is 21.1 Å². The highest BCUT2D eigenvalue weighted by Crippen LogP contribution is 2.20. The van der Waals surface area contributed by atoms with E-state index in [1.54, 1.807) is 20.0 Å². The molecule has 0 aliphatic heterocycles. The lowest BCUT2D eigenvalue weighted by Gasteiger charge is -2.05. The van der Waals surface area contributed by atoms with E-state index in [0.717, 1.165) is 4.88 Å². The van der Waals surface area contributed by atoms with E-state index in [4.69, 9.17) is 4.74 Å². The summed E-state index contributed by atoms with van der Waals surface area (Å²) in [6.45, 7) is 1.71. The molecule has 2 rings (SSSR count). The molecule has 0 aliphatic carbocycles. The molecule has 0 aromatic carbocycles. The zero-order chi connectivity index (χ0) is 15.4. The van der Waals surface area contributed by atoms with Crippen molar-refractivity contribution in [2.45, 2.75) is 6.92 Å². The Morgan fingerprint density at radius 3 is 2.86 bits per heavy atom. The van der Waals surface area contributed by atoms with E-state index in [1.165, 1.54) is 29.2 Å². The van der Waals surface area contributed by atoms with Crippen LogP contribution in [0.3, 0.4) is 0 Å². The minimum atomic E-state index is -0.546. The minimum Gasteiger partial charge on any atom is -0.464 e. The summed E-state index contributed by atoms with van der Waals surface area (Å²) in [5.74, 6) is -0.875. The quantitative estimate of drug-likeness (QED) is 0.694.